The van der Waals surface area contributed by atoms with Crippen LogP contribution in [-0.4, -0.2) is 41.9 Å². The molecule has 16 heavy (non-hydrogen) atoms. The Morgan fingerprint density at radius 1 is 1.06 bits per heavy atom. The SMILES string of the molecule is OC1CCCCC1C1CCCCN1CCF. The summed E-state index contributed by atoms with van der Waals surface area (Å²) >= 11 is 0. The second kappa shape index (κ2) is 5.97. The zero-order valence-corrected chi connectivity index (χ0v) is 10.1. The maximum Gasteiger partial charge on any atom is 0.102 e. The van der Waals surface area contributed by atoms with Crippen molar-refractivity contribution in [2.45, 2.75) is 57.1 Å². The van der Waals surface area contributed by atoms with E-state index in [0.717, 1.165) is 32.2 Å². The number of piperidine rings is 1. The number of likely N-dealkylation sites (tertiary alicyclic amines) is 1. The lowest BCUT2D eigenvalue weighted by atomic mass is 9.78. The van der Waals surface area contributed by atoms with Crippen LogP contribution in [0.1, 0.15) is 44.9 Å². The standard InChI is InChI=1S/C13H24FNO/c14-8-10-15-9-4-3-6-12(15)11-5-1-2-7-13(11)16/h11-13,16H,1-10H2. The second-order valence-electron chi connectivity index (χ2n) is 5.30. The first kappa shape index (κ1) is 12.3. The van der Waals surface area contributed by atoms with Crippen molar-refractivity contribution in [3.05, 3.63) is 0 Å². The monoisotopic (exact) mass is 229 g/mol. The molecule has 0 amide bonds. The lowest BCUT2D eigenvalue weighted by Gasteiger charge is -2.43. The predicted octanol–water partition coefficient (Wildman–Crippen LogP) is 2.36. The number of halogens is 1. The Morgan fingerprint density at radius 3 is 2.56 bits per heavy atom. The first-order valence-corrected chi connectivity index (χ1v) is 6.81. The molecule has 3 atom stereocenters. The van der Waals surface area contributed by atoms with Crippen molar-refractivity contribution in [2.24, 2.45) is 5.92 Å². The van der Waals surface area contributed by atoms with E-state index in [0.29, 0.717) is 18.5 Å². The summed E-state index contributed by atoms with van der Waals surface area (Å²) in [4.78, 5) is 2.28. The van der Waals surface area contributed by atoms with Crippen LogP contribution in [0.15, 0.2) is 0 Å². The Hall–Kier alpha value is -0.150. The van der Waals surface area contributed by atoms with Crippen molar-refractivity contribution < 1.29 is 9.50 Å². The van der Waals surface area contributed by atoms with Crippen molar-refractivity contribution in [1.29, 1.82) is 0 Å². The minimum atomic E-state index is -0.251. The molecule has 94 valence electrons. The summed E-state index contributed by atoms with van der Waals surface area (Å²) in [5.41, 5.74) is 0. The highest BCUT2D eigenvalue weighted by molar-refractivity contribution is 4.88. The molecule has 1 aliphatic heterocycles. The number of nitrogens with zero attached hydrogens (tertiary/aromatic N) is 1. The number of alkyl halides is 1. The highest BCUT2D eigenvalue weighted by Crippen LogP contribution is 2.33. The smallest absolute Gasteiger partial charge is 0.102 e. The first-order chi connectivity index (χ1) is 7.83. The summed E-state index contributed by atoms with van der Waals surface area (Å²) < 4.78 is 12.5. The van der Waals surface area contributed by atoms with E-state index in [1.54, 1.807) is 0 Å². The van der Waals surface area contributed by atoms with Gasteiger partial charge in [0, 0.05) is 18.5 Å². The fourth-order valence-electron chi connectivity index (χ4n) is 3.48. The minimum absolute atomic E-state index is 0.140. The molecule has 2 rings (SSSR count). The van der Waals surface area contributed by atoms with E-state index >= 15 is 0 Å². The van der Waals surface area contributed by atoms with Crippen molar-refractivity contribution in [1.82, 2.24) is 4.90 Å². The van der Waals surface area contributed by atoms with Gasteiger partial charge in [-0.05, 0) is 32.2 Å². The van der Waals surface area contributed by atoms with Crippen molar-refractivity contribution in [3.8, 4) is 0 Å². The first-order valence-electron chi connectivity index (χ1n) is 6.81. The fraction of sp³-hybridized carbons (Fsp3) is 1.00. The number of rotatable bonds is 3. The lowest BCUT2D eigenvalue weighted by molar-refractivity contribution is -0.00712. The quantitative estimate of drug-likeness (QED) is 0.803. The van der Waals surface area contributed by atoms with Crippen LogP contribution in [0, 0.1) is 5.92 Å². The van der Waals surface area contributed by atoms with Gasteiger partial charge in [0.25, 0.3) is 0 Å². The van der Waals surface area contributed by atoms with Gasteiger partial charge in [-0.3, -0.25) is 4.90 Å². The van der Waals surface area contributed by atoms with E-state index in [1.165, 1.54) is 19.3 Å². The summed E-state index contributed by atoms with van der Waals surface area (Å²) in [6.07, 6.45) is 7.94. The molecule has 3 heteroatoms. The van der Waals surface area contributed by atoms with Crippen LogP contribution in [0.3, 0.4) is 0 Å². The topological polar surface area (TPSA) is 23.5 Å². The zero-order chi connectivity index (χ0) is 11.4. The summed E-state index contributed by atoms with van der Waals surface area (Å²) in [6, 6.07) is 0.444. The summed E-state index contributed by atoms with van der Waals surface area (Å²) in [7, 11) is 0. The van der Waals surface area contributed by atoms with Gasteiger partial charge >= 0.3 is 0 Å². The Bertz CT molecular complexity index is 210. The third-order valence-corrected chi connectivity index (χ3v) is 4.31. The Morgan fingerprint density at radius 2 is 1.81 bits per heavy atom. The van der Waals surface area contributed by atoms with E-state index in [9.17, 15) is 9.50 Å². The molecular weight excluding hydrogens is 205 g/mol. The zero-order valence-electron chi connectivity index (χ0n) is 10.1. The van der Waals surface area contributed by atoms with Gasteiger partial charge in [0.1, 0.15) is 6.67 Å². The average Bonchev–Trinajstić information content (AvgIpc) is 2.31. The normalized spacial score (nSPS) is 37.5. The highest BCUT2D eigenvalue weighted by Gasteiger charge is 2.35. The van der Waals surface area contributed by atoms with Crippen molar-refractivity contribution in [3.63, 3.8) is 0 Å². The van der Waals surface area contributed by atoms with Gasteiger partial charge in [0.15, 0.2) is 0 Å². The van der Waals surface area contributed by atoms with Crippen LogP contribution in [-0.2, 0) is 0 Å². The van der Waals surface area contributed by atoms with Crippen LogP contribution in [0.4, 0.5) is 4.39 Å². The molecule has 1 aliphatic carbocycles. The number of aliphatic hydroxyl groups is 1. The minimum Gasteiger partial charge on any atom is -0.393 e. The maximum atomic E-state index is 12.5. The molecule has 1 N–H and O–H groups in total. The molecule has 0 aromatic carbocycles. The van der Waals surface area contributed by atoms with Crippen LogP contribution in [0.25, 0.3) is 0 Å². The van der Waals surface area contributed by atoms with E-state index in [1.807, 2.05) is 0 Å². The Kier molecular flexibility index (Phi) is 4.59. The van der Waals surface area contributed by atoms with Crippen LogP contribution < -0.4 is 0 Å². The molecule has 0 spiro atoms. The molecule has 0 radical (unpaired) electrons. The summed E-state index contributed by atoms with van der Waals surface area (Å²) in [6.45, 7) is 1.34. The van der Waals surface area contributed by atoms with Crippen LogP contribution in [0.5, 0.6) is 0 Å². The second-order valence-corrected chi connectivity index (χ2v) is 5.30. The fourth-order valence-corrected chi connectivity index (χ4v) is 3.48. The molecule has 2 fully saturated rings. The van der Waals surface area contributed by atoms with Gasteiger partial charge in [-0.2, -0.15) is 0 Å². The number of aliphatic hydroxyl groups excluding tert-OH is 1. The molecule has 2 aliphatic rings. The summed E-state index contributed by atoms with van der Waals surface area (Å²) in [5.74, 6) is 0.403. The molecule has 3 unspecified atom stereocenters. The van der Waals surface area contributed by atoms with Crippen molar-refractivity contribution in [2.75, 3.05) is 19.8 Å². The number of hydrogen-bond donors (Lipinski definition) is 1. The van der Waals surface area contributed by atoms with E-state index < -0.39 is 0 Å². The largest absolute Gasteiger partial charge is 0.393 e. The molecule has 1 heterocycles. The third kappa shape index (κ3) is 2.75. The molecule has 0 bridgehead atoms. The van der Waals surface area contributed by atoms with Gasteiger partial charge in [-0.1, -0.05) is 19.3 Å². The van der Waals surface area contributed by atoms with E-state index in [-0.39, 0.29) is 12.8 Å². The predicted molar refractivity (Wildman–Crippen MR) is 63.2 cm³/mol. The summed E-state index contributed by atoms with van der Waals surface area (Å²) in [5, 5.41) is 10.1. The van der Waals surface area contributed by atoms with Crippen molar-refractivity contribution >= 4 is 0 Å². The number of hydrogen-bond acceptors (Lipinski definition) is 2. The Labute approximate surface area is 97.8 Å². The van der Waals surface area contributed by atoms with Crippen LogP contribution in [0.2, 0.25) is 0 Å². The van der Waals surface area contributed by atoms with Crippen LogP contribution >= 0.6 is 0 Å². The van der Waals surface area contributed by atoms with Gasteiger partial charge in [0.05, 0.1) is 6.10 Å². The Balaban J connectivity index is 1.97. The van der Waals surface area contributed by atoms with E-state index in [4.69, 9.17) is 0 Å². The molecule has 2 nitrogen and oxygen atoms in total. The molecule has 1 saturated heterocycles. The van der Waals surface area contributed by atoms with Gasteiger partial charge in [-0.15, -0.1) is 0 Å². The molecule has 0 aromatic rings. The molecule has 0 aromatic heterocycles. The maximum absolute atomic E-state index is 12.5. The van der Waals surface area contributed by atoms with E-state index in [2.05, 4.69) is 4.90 Å². The van der Waals surface area contributed by atoms with Gasteiger partial charge < -0.3 is 5.11 Å². The van der Waals surface area contributed by atoms with Gasteiger partial charge in [0.2, 0.25) is 0 Å². The molecular formula is C13H24FNO. The highest BCUT2D eigenvalue weighted by atomic mass is 19.1. The average molecular weight is 229 g/mol. The third-order valence-electron chi connectivity index (χ3n) is 4.31. The van der Waals surface area contributed by atoms with Gasteiger partial charge in [-0.25, -0.2) is 4.39 Å². The molecule has 1 saturated carbocycles. The lowest BCUT2D eigenvalue weighted by Crippen LogP contribution is -2.49.